The molecule has 3 rings (SSSR count). The quantitative estimate of drug-likeness (QED) is 0.639. The number of amides is 1. The Kier molecular flexibility index (Phi) is 4.43. The van der Waals surface area contributed by atoms with Gasteiger partial charge in [-0.25, -0.2) is 4.98 Å². The fourth-order valence-corrected chi connectivity index (χ4v) is 2.75. The molecule has 0 spiro atoms. The summed E-state index contributed by atoms with van der Waals surface area (Å²) in [5, 5.41) is 15.3. The lowest BCUT2D eigenvalue weighted by atomic mass is 9.98. The van der Waals surface area contributed by atoms with Crippen LogP contribution in [0.15, 0.2) is 42.6 Å². The molecule has 0 fully saturated rings. The predicted molar refractivity (Wildman–Crippen MR) is 100 cm³/mol. The van der Waals surface area contributed by atoms with Gasteiger partial charge < -0.3 is 10.6 Å². The van der Waals surface area contributed by atoms with Gasteiger partial charge >= 0.3 is 0 Å². The number of carbonyl (C=O) groups is 1. The molecule has 0 unspecified atom stereocenters. The Morgan fingerprint density at radius 1 is 1.16 bits per heavy atom. The van der Waals surface area contributed by atoms with Crippen LogP contribution in [0.2, 0.25) is 0 Å². The number of pyridine rings is 2. The smallest absolute Gasteiger partial charge is 0.221 e. The van der Waals surface area contributed by atoms with Crippen molar-refractivity contribution >= 4 is 34.0 Å². The summed E-state index contributed by atoms with van der Waals surface area (Å²) in [6, 6.07) is 11.4. The van der Waals surface area contributed by atoms with Crippen molar-refractivity contribution in [3.05, 3.63) is 59.4 Å². The van der Waals surface area contributed by atoms with Crippen LogP contribution >= 0.6 is 0 Å². The van der Waals surface area contributed by atoms with E-state index < -0.39 is 0 Å². The molecule has 6 heteroatoms. The maximum Gasteiger partial charge on any atom is 0.221 e. The van der Waals surface area contributed by atoms with E-state index in [1.54, 1.807) is 19.3 Å². The van der Waals surface area contributed by atoms with E-state index in [0.717, 1.165) is 22.2 Å². The lowest BCUT2D eigenvalue weighted by Gasteiger charge is -2.13. The van der Waals surface area contributed by atoms with Crippen LogP contribution in [-0.2, 0) is 4.79 Å². The summed E-state index contributed by atoms with van der Waals surface area (Å²) < 4.78 is 0. The molecule has 2 heterocycles. The summed E-state index contributed by atoms with van der Waals surface area (Å²) in [4.78, 5) is 20.1. The third kappa shape index (κ3) is 3.33. The van der Waals surface area contributed by atoms with Gasteiger partial charge in [-0.3, -0.25) is 15.2 Å². The van der Waals surface area contributed by atoms with Crippen LogP contribution < -0.4 is 10.6 Å². The molecule has 0 aliphatic rings. The number of anilines is 2. The molecule has 6 nitrogen and oxygen atoms in total. The fraction of sp³-hybridized carbons (Fsp3) is 0.158. The zero-order valence-corrected chi connectivity index (χ0v) is 14.3. The Morgan fingerprint density at radius 2 is 1.96 bits per heavy atom. The molecule has 2 aromatic heterocycles. The van der Waals surface area contributed by atoms with Gasteiger partial charge in [0.05, 0.1) is 23.1 Å². The highest BCUT2D eigenvalue weighted by atomic mass is 16.1. The van der Waals surface area contributed by atoms with Gasteiger partial charge in [0.15, 0.2) is 0 Å². The number of fused-ring (bicyclic) bond motifs is 1. The second kappa shape index (κ2) is 6.68. The van der Waals surface area contributed by atoms with Crippen LogP contribution in [0.3, 0.4) is 0 Å². The summed E-state index contributed by atoms with van der Waals surface area (Å²) in [6.07, 6.45) is 1.57. The molecular formula is C19H19N5O. The molecule has 0 radical (unpaired) electrons. The average molecular weight is 333 g/mol. The van der Waals surface area contributed by atoms with Crippen molar-refractivity contribution in [1.29, 1.82) is 5.41 Å². The van der Waals surface area contributed by atoms with E-state index in [-0.39, 0.29) is 5.91 Å². The monoisotopic (exact) mass is 333 g/mol. The highest BCUT2D eigenvalue weighted by molar-refractivity contribution is 6.19. The molecule has 0 atom stereocenters. The number of nitrogens with one attached hydrogen (secondary N) is 3. The Morgan fingerprint density at radius 3 is 2.68 bits per heavy atom. The third-order valence-corrected chi connectivity index (χ3v) is 3.85. The van der Waals surface area contributed by atoms with Crippen molar-refractivity contribution < 1.29 is 4.79 Å². The molecule has 0 aliphatic carbocycles. The van der Waals surface area contributed by atoms with Gasteiger partial charge in [0.1, 0.15) is 5.82 Å². The molecule has 25 heavy (non-hydrogen) atoms. The van der Waals surface area contributed by atoms with E-state index in [1.807, 2.05) is 37.3 Å². The minimum absolute atomic E-state index is 0.179. The molecule has 1 amide bonds. The molecule has 0 aliphatic heterocycles. The number of aromatic nitrogens is 2. The largest absolute Gasteiger partial charge is 0.373 e. The molecular weight excluding hydrogens is 314 g/mol. The van der Waals surface area contributed by atoms with Gasteiger partial charge in [0, 0.05) is 36.2 Å². The van der Waals surface area contributed by atoms with Gasteiger partial charge in [0.25, 0.3) is 0 Å². The second-order valence-electron chi connectivity index (χ2n) is 5.75. The van der Waals surface area contributed by atoms with Gasteiger partial charge in [-0.15, -0.1) is 0 Å². The number of rotatable bonds is 4. The summed E-state index contributed by atoms with van der Waals surface area (Å²) in [6.45, 7) is 3.38. The Hall–Kier alpha value is -3.28. The Labute approximate surface area is 145 Å². The highest BCUT2D eigenvalue weighted by Crippen LogP contribution is 2.25. The fourth-order valence-electron chi connectivity index (χ4n) is 2.75. The molecule has 0 bridgehead atoms. The number of benzene rings is 1. The molecule has 3 N–H and O–H groups in total. The van der Waals surface area contributed by atoms with Crippen molar-refractivity contribution in [2.45, 2.75) is 13.8 Å². The van der Waals surface area contributed by atoms with Crippen LogP contribution in [-0.4, -0.2) is 28.6 Å². The van der Waals surface area contributed by atoms with Crippen LogP contribution in [0.25, 0.3) is 10.9 Å². The minimum atomic E-state index is -0.179. The normalized spacial score (nSPS) is 10.5. The van der Waals surface area contributed by atoms with Gasteiger partial charge in [-0.1, -0.05) is 18.2 Å². The summed E-state index contributed by atoms with van der Waals surface area (Å²) >= 11 is 0. The van der Waals surface area contributed by atoms with Crippen LogP contribution in [0.5, 0.6) is 0 Å². The number of hydrogen-bond donors (Lipinski definition) is 3. The molecule has 1 aromatic carbocycles. The van der Waals surface area contributed by atoms with E-state index in [2.05, 4.69) is 20.6 Å². The Balaban J connectivity index is 2.13. The van der Waals surface area contributed by atoms with E-state index in [9.17, 15) is 4.79 Å². The molecule has 126 valence electrons. The lowest BCUT2D eigenvalue weighted by Crippen LogP contribution is -2.11. The highest BCUT2D eigenvalue weighted by Gasteiger charge is 2.15. The predicted octanol–water partition coefficient (Wildman–Crippen LogP) is 3.35. The van der Waals surface area contributed by atoms with Gasteiger partial charge in [0.2, 0.25) is 5.91 Å². The van der Waals surface area contributed by atoms with Gasteiger partial charge in [-0.05, 0) is 25.1 Å². The lowest BCUT2D eigenvalue weighted by molar-refractivity contribution is -0.114. The zero-order chi connectivity index (χ0) is 18.0. The number of nitrogens with zero attached hydrogens (tertiary/aromatic N) is 2. The zero-order valence-electron chi connectivity index (χ0n) is 14.3. The topological polar surface area (TPSA) is 90.8 Å². The maximum atomic E-state index is 11.3. The summed E-state index contributed by atoms with van der Waals surface area (Å²) in [5.74, 6) is 0.400. The van der Waals surface area contributed by atoms with E-state index in [1.165, 1.54) is 6.92 Å². The first-order valence-electron chi connectivity index (χ1n) is 7.90. The molecule has 3 aromatic rings. The number of carbonyl (C=O) groups excluding carboxylic acids is 1. The van der Waals surface area contributed by atoms with E-state index in [4.69, 9.17) is 5.41 Å². The minimum Gasteiger partial charge on any atom is -0.373 e. The van der Waals surface area contributed by atoms with Crippen molar-refractivity contribution in [3.63, 3.8) is 0 Å². The van der Waals surface area contributed by atoms with Crippen molar-refractivity contribution in [2.75, 3.05) is 17.7 Å². The van der Waals surface area contributed by atoms with Crippen molar-refractivity contribution in [2.24, 2.45) is 0 Å². The number of hydrogen-bond acceptors (Lipinski definition) is 5. The molecule has 0 saturated carbocycles. The van der Waals surface area contributed by atoms with E-state index in [0.29, 0.717) is 22.8 Å². The Bertz CT molecular complexity index is 981. The maximum absolute atomic E-state index is 11.3. The van der Waals surface area contributed by atoms with Crippen molar-refractivity contribution in [1.82, 2.24) is 9.97 Å². The first-order chi connectivity index (χ1) is 12.0. The van der Waals surface area contributed by atoms with Crippen molar-refractivity contribution in [3.8, 4) is 0 Å². The first kappa shape index (κ1) is 16.6. The first-order valence-corrected chi connectivity index (χ1v) is 7.90. The average Bonchev–Trinajstić information content (AvgIpc) is 2.59. The van der Waals surface area contributed by atoms with Gasteiger partial charge in [-0.2, -0.15) is 0 Å². The summed E-state index contributed by atoms with van der Waals surface area (Å²) in [5.41, 5.74) is 4.03. The van der Waals surface area contributed by atoms with Crippen LogP contribution in [0.4, 0.5) is 11.5 Å². The second-order valence-corrected chi connectivity index (χ2v) is 5.75. The van der Waals surface area contributed by atoms with Crippen LogP contribution in [0, 0.1) is 12.3 Å². The number of aryl methyl sites for hydroxylation is 1. The molecule has 0 saturated heterocycles. The SMILES string of the molecule is CNc1ncc(NC(C)=O)cc1C(=N)c1cccc2nc(C)ccc12. The standard InChI is InChI=1S/C19H19N5O/c1-11-7-8-14-15(5-4-6-17(14)23-11)18(20)16-9-13(24-12(2)25)10-22-19(16)21-3/h4-10,20H,1-3H3,(H,21,22)(H,24,25). The third-order valence-electron chi connectivity index (χ3n) is 3.85. The summed E-state index contributed by atoms with van der Waals surface area (Å²) in [7, 11) is 1.76. The van der Waals surface area contributed by atoms with Crippen LogP contribution in [0.1, 0.15) is 23.7 Å². The van der Waals surface area contributed by atoms with E-state index >= 15 is 0 Å².